The summed E-state index contributed by atoms with van der Waals surface area (Å²) in [6.07, 6.45) is 5.38. The number of carboxylic acid groups (broad SMARTS) is 1. The van der Waals surface area contributed by atoms with Crippen molar-refractivity contribution in [3.8, 4) is 0 Å². The molecule has 92 valence electrons. The minimum Gasteiger partial charge on any atom is -0.480 e. The quantitative estimate of drug-likeness (QED) is 0.633. The number of aliphatic carboxylic acids is 1. The van der Waals surface area contributed by atoms with Crippen LogP contribution in [-0.4, -0.2) is 36.7 Å². The van der Waals surface area contributed by atoms with Crippen molar-refractivity contribution in [2.24, 2.45) is 5.92 Å². The van der Waals surface area contributed by atoms with Crippen molar-refractivity contribution in [1.29, 1.82) is 0 Å². The van der Waals surface area contributed by atoms with Gasteiger partial charge in [-0.2, -0.15) is 0 Å². The van der Waals surface area contributed by atoms with Crippen molar-refractivity contribution < 1.29 is 19.4 Å². The van der Waals surface area contributed by atoms with Crippen LogP contribution in [0.15, 0.2) is 0 Å². The summed E-state index contributed by atoms with van der Waals surface area (Å²) in [6.45, 7) is 0.333. The van der Waals surface area contributed by atoms with Crippen molar-refractivity contribution in [1.82, 2.24) is 5.32 Å². The third-order valence-corrected chi connectivity index (χ3v) is 2.74. The van der Waals surface area contributed by atoms with Gasteiger partial charge in [0.1, 0.15) is 6.61 Å². The van der Waals surface area contributed by atoms with E-state index in [1.165, 1.54) is 12.8 Å². The predicted octanol–water partition coefficient (Wildman–Crippen LogP) is 0.784. The van der Waals surface area contributed by atoms with E-state index in [1.807, 2.05) is 0 Å². The van der Waals surface area contributed by atoms with Gasteiger partial charge in [0.25, 0.3) is 0 Å². The molecule has 0 spiro atoms. The Morgan fingerprint density at radius 2 is 2.00 bits per heavy atom. The van der Waals surface area contributed by atoms with Gasteiger partial charge < -0.3 is 15.2 Å². The summed E-state index contributed by atoms with van der Waals surface area (Å²) < 4.78 is 4.80. The molecule has 1 amide bonds. The Morgan fingerprint density at radius 3 is 2.62 bits per heavy atom. The molecule has 1 saturated carbocycles. The monoisotopic (exact) mass is 229 g/mol. The van der Waals surface area contributed by atoms with Crippen molar-refractivity contribution in [3.05, 3.63) is 0 Å². The van der Waals surface area contributed by atoms with Gasteiger partial charge in [-0.3, -0.25) is 4.79 Å². The van der Waals surface area contributed by atoms with Crippen LogP contribution in [0.2, 0.25) is 0 Å². The van der Waals surface area contributed by atoms with Gasteiger partial charge in [-0.1, -0.05) is 12.8 Å². The zero-order chi connectivity index (χ0) is 11.8. The van der Waals surface area contributed by atoms with Crippen molar-refractivity contribution in [2.75, 3.05) is 19.8 Å². The first kappa shape index (κ1) is 13.0. The van der Waals surface area contributed by atoms with E-state index in [9.17, 15) is 9.59 Å². The van der Waals surface area contributed by atoms with Crippen LogP contribution in [0.1, 0.15) is 32.1 Å². The molecule has 0 heterocycles. The first-order valence-electron chi connectivity index (χ1n) is 5.74. The Kier molecular flexibility index (Phi) is 5.85. The number of rotatable bonds is 7. The molecule has 0 bridgehead atoms. The van der Waals surface area contributed by atoms with Crippen LogP contribution >= 0.6 is 0 Å². The van der Waals surface area contributed by atoms with E-state index < -0.39 is 5.97 Å². The summed E-state index contributed by atoms with van der Waals surface area (Å²) in [5.74, 6) is -0.400. The average molecular weight is 229 g/mol. The molecule has 1 fully saturated rings. The maximum absolute atomic E-state index is 11.4. The lowest BCUT2D eigenvalue weighted by atomic mass is 10.0. The van der Waals surface area contributed by atoms with Gasteiger partial charge >= 0.3 is 5.97 Å². The van der Waals surface area contributed by atoms with E-state index in [2.05, 4.69) is 5.32 Å². The molecular formula is C11H19NO4. The Labute approximate surface area is 95.2 Å². The average Bonchev–Trinajstić information content (AvgIpc) is 2.69. The highest BCUT2D eigenvalue weighted by atomic mass is 16.5. The van der Waals surface area contributed by atoms with Gasteiger partial charge in [-0.15, -0.1) is 0 Å². The zero-order valence-electron chi connectivity index (χ0n) is 9.41. The molecular weight excluding hydrogens is 210 g/mol. The highest BCUT2D eigenvalue weighted by Gasteiger charge is 2.17. The molecule has 0 aromatic heterocycles. The molecule has 0 aromatic carbocycles. The van der Waals surface area contributed by atoms with Crippen molar-refractivity contribution in [3.63, 3.8) is 0 Å². The van der Waals surface area contributed by atoms with Gasteiger partial charge in [0.2, 0.25) is 5.91 Å². The smallest absolute Gasteiger partial charge is 0.329 e. The topological polar surface area (TPSA) is 75.6 Å². The molecule has 0 saturated heterocycles. The van der Waals surface area contributed by atoms with Gasteiger partial charge in [0.05, 0.1) is 6.61 Å². The summed E-state index contributed by atoms with van der Waals surface area (Å²) in [7, 11) is 0. The van der Waals surface area contributed by atoms with Crippen LogP contribution in [0.4, 0.5) is 0 Å². The van der Waals surface area contributed by atoms with E-state index in [-0.39, 0.29) is 19.1 Å². The molecule has 0 radical (unpaired) electrons. The van der Waals surface area contributed by atoms with Crippen LogP contribution in [0.25, 0.3) is 0 Å². The molecule has 5 nitrogen and oxygen atoms in total. The number of carbonyl (C=O) groups excluding carboxylic acids is 1. The number of hydrogen-bond acceptors (Lipinski definition) is 3. The summed E-state index contributed by atoms with van der Waals surface area (Å²) in [6, 6.07) is 0. The second-order valence-electron chi connectivity index (χ2n) is 4.15. The number of carbonyl (C=O) groups is 2. The van der Waals surface area contributed by atoms with E-state index in [4.69, 9.17) is 9.84 Å². The normalized spacial score (nSPS) is 16.2. The molecule has 0 atom stereocenters. The van der Waals surface area contributed by atoms with Crippen molar-refractivity contribution in [2.45, 2.75) is 32.1 Å². The minimum absolute atomic E-state index is 0.0471. The van der Waals surface area contributed by atoms with Crippen LogP contribution < -0.4 is 5.32 Å². The van der Waals surface area contributed by atoms with Crippen LogP contribution in [0.5, 0.6) is 0 Å². The molecule has 0 aliphatic heterocycles. The third-order valence-electron chi connectivity index (χ3n) is 2.74. The SMILES string of the molecule is O=C(O)COCCNC(=O)CC1CCCC1. The summed E-state index contributed by atoms with van der Waals surface area (Å²) in [4.78, 5) is 21.5. The lowest BCUT2D eigenvalue weighted by Gasteiger charge is -2.09. The van der Waals surface area contributed by atoms with E-state index in [0.29, 0.717) is 18.9 Å². The third kappa shape index (κ3) is 5.70. The lowest BCUT2D eigenvalue weighted by molar-refractivity contribution is -0.142. The second kappa shape index (κ2) is 7.22. The number of ether oxygens (including phenoxy) is 1. The van der Waals surface area contributed by atoms with Crippen LogP contribution in [0, 0.1) is 5.92 Å². The van der Waals surface area contributed by atoms with E-state index >= 15 is 0 Å². The zero-order valence-corrected chi connectivity index (χ0v) is 9.41. The number of nitrogens with one attached hydrogen (secondary N) is 1. The molecule has 16 heavy (non-hydrogen) atoms. The fourth-order valence-electron chi connectivity index (χ4n) is 1.97. The molecule has 5 heteroatoms. The van der Waals surface area contributed by atoms with Crippen molar-refractivity contribution >= 4 is 11.9 Å². The minimum atomic E-state index is -0.989. The second-order valence-corrected chi connectivity index (χ2v) is 4.15. The summed E-state index contributed by atoms with van der Waals surface area (Å²) in [5.41, 5.74) is 0. The predicted molar refractivity (Wildman–Crippen MR) is 58.0 cm³/mol. The fraction of sp³-hybridized carbons (Fsp3) is 0.818. The highest BCUT2D eigenvalue weighted by Crippen LogP contribution is 2.27. The van der Waals surface area contributed by atoms with E-state index in [0.717, 1.165) is 12.8 Å². The number of hydrogen-bond donors (Lipinski definition) is 2. The van der Waals surface area contributed by atoms with Gasteiger partial charge in [0.15, 0.2) is 0 Å². The standard InChI is InChI=1S/C11H19NO4/c13-10(7-9-3-1-2-4-9)12-5-6-16-8-11(14)15/h9H,1-8H2,(H,12,13)(H,14,15). The maximum atomic E-state index is 11.4. The fourth-order valence-corrected chi connectivity index (χ4v) is 1.97. The Morgan fingerprint density at radius 1 is 1.31 bits per heavy atom. The Bertz CT molecular complexity index is 236. The molecule has 1 aliphatic rings. The Balaban J connectivity index is 1.95. The molecule has 0 aromatic rings. The lowest BCUT2D eigenvalue weighted by Crippen LogP contribution is -2.29. The van der Waals surface area contributed by atoms with Gasteiger partial charge in [0, 0.05) is 13.0 Å². The number of amides is 1. The summed E-state index contributed by atoms with van der Waals surface area (Å²) in [5, 5.41) is 11.0. The molecule has 0 unspecified atom stereocenters. The van der Waals surface area contributed by atoms with Crippen LogP contribution in [0.3, 0.4) is 0 Å². The van der Waals surface area contributed by atoms with Gasteiger partial charge in [-0.25, -0.2) is 4.79 Å². The maximum Gasteiger partial charge on any atom is 0.329 e. The molecule has 1 aliphatic carbocycles. The Hall–Kier alpha value is -1.10. The largest absolute Gasteiger partial charge is 0.480 e. The van der Waals surface area contributed by atoms with E-state index in [1.54, 1.807) is 0 Å². The first-order valence-corrected chi connectivity index (χ1v) is 5.74. The molecule has 2 N–H and O–H groups in total. The first-order chi connectivity index (χ1) is 7.68. The van der Waals surface area contributed by atoms with Crippen LogP contribution in [-0.2, 0) is 14.3 Å². The number of carboxylic acids is 1. The molecule has 1 rings (SSSR count). The highest BCUT2D eigenvalue weighted by molar-refractivity contribution is 5.76. The van der Waals surface area contributed by atoms with Gasteiger partial charge in [-0.05, 0) is 18.8 Å². The summed E-state index contributed by atoms with van der Waals surface area (Å²) >= 11 is 0.